The van der Waals surface area contributed by atoms with Gasteiger partial charge in [-0.15, -0.1) is 0 Å². The summed E-state index contributed by atoms with van der Waals surface area (Å²) < 4.78 is 18.4. The minimum atomic E-state index is -0.189. The van der Waals surface area contributed by atoms with Gasteiger partial charge in [-0.25, -0.2) is 4.39 Å². The molecule has 1 saturated heterocycles. The second-order valence-corrected chi connectivity index (χ2v) is 5.00. The van der Waals surface area contributed by atoms with E-state index >= 15 is 0 Å². The average molecular weight is 223 g/mol. The maximum Gasteiger partial charge on any atom is 0.123 e. The summed E-state index contributed by atoms with van der Waals surface area (Å²) in [5.74, 6) is 0.0376. The second kappa shape index (κ2) is 4.52. The van der Waals surface area contributed by atoms with Crippen molar-refractivity contribution in [3.8, 4) is 0 Å². The Balaban J connectivity index is 2.10. The summed E-state index contributed by atoms with van der Waals surface area (Å²) in [4.78, 5) is 0. The largest absolute Gasteiger partial charge is 0.380 e. The fourth-order valence-corrected chi connectivity index (χ4v) is 2.26. The molecule has 88 valence electrons. The summed E-state index contributed by atoms with van der Waals surface area (Å²) in [6, 6.07) is 6.74. The van der Waals surface area contributed by atoms with Gasteiger partial charge in [0.05, 0.1) is 13.2 Å². The van der Waals surface area contributed by atoms with Gasteiger partial charge in [-0.3, -0.25) is 0 Å². The van der Waals surface area contributed by atoms with E-state index < -0.39 is 0 Å². The van der Waals surface area contributed by atoms with Gasteiger partial charge < -0.3 is 10.5 Å². The lowest BCUT2D eigenvalue weighted by Crippen LogP contribution is -2.41. The van der Waals surface area contributed by atoms with Gasteiger partial charge in [0.1, 0.15) is 5.82 Å². The Morgan fingerprint density at radius 2 is 2.25 bits per heavy atom. The molecule has 1 aliphatic heterocycles. The van der Waals surface area contributed by atoms with Crippen LogP contribution in [0.2, 0.25) is 0 Å². The molecule has 0 spiro atoms. The van der Waals surface area contributed by atoms with Crippen LogP contribution in [0.1, 0.15) is 24.8 Å². The third-order valence-corrected chi connectivity index (χ3v) is 3.24. The van der Waals surface area contributed by atoms with Crippen molar-refractivity contribution in [2.45, 2.75) is 19.3 Å². The third-order valence-electron chi connectivity index (χ3n) is 3.24. The molecule has 2 nitrogen and oxygen atoms in total. The molecule has 0 aliphatic carbocycles. The van der Waals surface area contributed by atoms with Crippen LogP contribution in [0.3, 0.4) is 0 Å². The highest BCUT2D eigenvalue weighted by molar-refractivity contribution is 5.21. The van der Waals surface area contributed by atoms with E-state index in [1.54, 1.807) is 12.1 Å². The van der Waals surface area contributed by atoms with Gasteiger partial charge in [0.25, 0.3) is 0 Å². The minimum Gasteiger partial charge on any atom is -0.380 e. The van der Waals surface area contributed by atoms with Crippen molar-refractivity contribution in [1.29, 1.82) is 0 Å². The van der Waals surface area contributed by atoms with Crippen molar-refractivity contribution in [3.05, 3.63) is 35.6 Å². The fraction of sp³-hybridized carbons (Fsp3) is 0.538. The molecule has 0 aromatic heterocycles. The zero-order chi connectivity index (χ0) is 11.6. The van der Waals surface area contributed by atoms with Crippen molar-refractivity contribution < 1.29 is 9.13 Å². The molecule has 16 heavy (non-hydrogen) atoms. The summed E-state index contributed by atoms with van der Waals surface area (Å²) in [5, 5.41) is 0. The van der Waals surface area contributed by atoms with E-state index in [0.717, 1.165) is 25.2 Å². The predicted octanol–water partition coefficient (Wildman–Crippen LogP) is 2.29. The normalized spacial score (nSPS) is 20.2. The van der Waals surface area contributed by atoms with E-state index in [2.05, 4.69) is 6.92 Å². The molecule has 2 N–H and O–H groups in total. The van der Waals surface area contributed by atoms with Gasteiger partial charge in [0, 0.05) is 5.41 Å². The molecule has 0 radical (unpaired) electrons. The predicted molar refractivity (Wildman–Crippen MR) is 61.7 cm³/mol. The topological polar surface area (TPSA) is 35.2 Å². The summed E-state index contributed by atoms with van der Waals surface area (Å²) in [5.41, 5.74) is 6.99. The lowest BCUT2D eigenvalue weighted by molar-refractivity contribution is -0.108. The fourth-order valence-electron chi connectivity index (χ4n) is 2.26. The van der Waals surface area contributed by atoms with E-state index in [1.807, 2.05) is 6.07 Å². The van der Waals surface area contributed by atoms with Gasteiger partial charge in [-0.05, 0) is 36.6 Å². The Bertz CT molecular complexity index is 363. The minimum absolute atomic E-state index is 0.189. The number of hydrogen-bond acceptors (Lipinski definition) is 2. The molecule has 1 atom stereocenters. The first kappa shape index (κ1) is 11.6. The van der Waals surface area contributed by atoms with Gasteiger partial charge in [0.15, 0.2) is 0 Å². The monoisotopic (exact) mass is 223 g/mol. The van der Waals surface area contributed by atoms with E-state index in [-0.39, 0.29) is 17.2 Å². The Morgan fingerprint density at radius 3 is 2.75 bits per heavy atom. The van der Waals surface area contributed by atoms with Gasteiger partial charge >= 0.3 is 0 Å². The van der Waals surface area contributed by atoms with Crippen LogP contribution in [0.4, 0.5) is 4.39 Å². The van der Waals surface area contributed by atoms with E-state index in [0.29, 0.717) is 6.54 Å². The smallest absolute Gasteiger partial charge is 0.123 e. The Kier molecular flexibility index (Phi) is 3.26. The molecule has 3 heteroatoms. The molecule has 1 unspecified atom stereocenters. The molecule has 0 bridgehead atoms. The first-order chi connectivity index (χ1) is 7.63. The average Bonchev–Trinajstić information content (AvgIpc) is 2.23. The molecule has 1 aliphatic rings. The molecule has 0 amide bonds. The second-order valence-electron chi connectivity index (χ2n) is 5.00. The van der Waals surface area contributed by atoms with E-state index in [4.69, 9.17) is 10.5 Å². The number of benzene rings is 1. The van der Waals surface area contributed by atoms with Crippen molar-refractivity contribution in [3.63, 3.8) is 0 Å². The molecule has 0 saturated carbocycles. The number of rotatable bonds is 4. The first-order valence-corrected chi connectivity index (χ1v) is 5.66. The van der Waals surface area contributed by atoms with Crippen molar-refractivity contribution >= 4 is 0 Å². The zero-order valence-corrected chi connectivity index (χ0v) is 9.58. The molecular weight excluding hydrogens is 205 g/mol. The summed E-state index contributed by atoms with van der Waals surface area (Å²) >= 11 is 0. The highest BCUT2D eigenvalue weighted by Crippen LogP contribution is 2.37. The molecule has 2 rings (SSSR count). The van der Waals surface area contributed by atoms with Crippen LogP contribution in [-0.2, 0) is 4.74 Å². The number of hydrogen-bond donors (Lipinski definition) is 1. The van der Waals surface area contributed by atoms with Crippen molar-refractivity contribution in [2.24, 2.45) is 11.1 Å². The van der Waals surface area contributed by atoms with Crippen LogP contribution in [-0.4, -0.2) is 19.8 Å². The van der Waals surface area contributed by atoms with Crippen LogP contribution in [0.5, 0.6) is 0 Å². The highest BCUT2D eigenvalue weighted by atomic mass is 19.1. The van der Waals surface area contributed by atoms with Crippen molar-refractivity contribution in [1.82, 2.24) is 0 Å². The van der Waals surface area contributed by atoms with Crippen LogP contribution >= 0.6 is 0 Å². The standard InChI is InChI=1S/C13H18FNO/c1-13(8-16-9-13)6-11(7-15)10-3-2-4-12(14)5-10/h2-5,11H,6-9,15H2,1H3. The highest BCUT2D eigenvalue weighted by Gasteiger charge is 2.35. The van der Waals surface area contributed by atoms with Gasteiger partial charge in [-0.1, -0.05) is 19.1 Å². The first-order valence-electron chi connectivity index (χ1n) is 5.66. The number of ether oxygens (including phenoxy) is 1. The Labute approximate surface area is 95.6 Å². The molecular formula is C13H18FNO. The maximum absolute atomic E-state index is 13.1. The summed E-state index contributed by atoms with van der Waals surface area (Å²) in [6.07, 6.45) is 0.965. The maximum atomic E-state index is 13.1. The van der Waals surface area contributed by atoms with Gasteiger partial charge in [-0.2, -0.15) is 0 Å². The van der Waals surface area contributed by atoms with E-state index in [1.165, 1.54) is 6.07 Å². The molecule has 1 heterocycles. The van der Waals surface area contributed by atoms with Crippen LogP contribution < -0.4 is 5.73 Å². The lowest BCUT2D eigenvalue weighted by Gasteiger charge is -2.40. The molecule has 1 aromatic carbocycles. The van der Waals surface area contributed by atoms with Crippen LogP contribution in [0.15, 0.2) is 24.3 Å². The Morgan fingerprint density at radius 1 is 1.50 bits per heavy atom. The third kappa shape index (κ3) is 2.42. The number of halogens is 1. The zero-order valence-electron chi connectivity index (χ0n) is 9.58. The molecule has 1 aromatic rings. The summed E-state index contributed by atoms with van der Waals surface area (Å²) in [7, 11) is 0. The van der Waals surface area contributed by atoms with Gasteiger partial charge in [0.2, 0.25) is 0 Å². The quantitative estimate of drug-likeness (QED) is 0.850. The van der Waals surface area contributed by atoms with Crippen molar-refractivity contribution in [2.75, 3.05) is 19.8 Å². The number of nitrogens with two attached hydrogens (primary N) is 1. The lowest BCUT2D eigenvalue weighted by atomic mass is 9.77. The Hall–Kier alpha value is -0.930. The van der Waals surface area contributed by atoms with Crippen LogP contribution in [0, 0.1) is 11.2 Å². The SMILES string of the molecule is CC1(CC(CN)c2cccc(F)c2)COC1. The van der Waals surface area contributed by atoms with E-state index in [9.17, 15) is 4.39 Å². The molecule has 1 fully saturated rings. The van der Waals surface area contributed by atoms with Crippen LogP contribution in [0.25, 0.3) is 0 Å². The summed E-state index contributed by atoms with van der Waals surface area (Å²) in [6.45, 7) is 4.33.